The molecule has 0 saturated carbocycles. The molecule has 118 valence electrons. The Hall–Kier alpha value is -2.07. The quantitative estimate of drug-likeness (QED) is 0.735. The van der Waals surface area contributed by atoms with Gasteiger partial charge < -0.3 is 15.0 Å². The highest BCUT2D eigenvalue weighted by atomic mass is 16.5. The maximum atomic E-state index is 12.1. The molecular weight excluding hydrogens is 276 g/mol. The molecule has 1 aromatic carbocycles. The van der Waals surface area contributed by atoms with Crippen LogP contribution in [0.15, 0.2) is 41.2 Å². The van der Waals surface area contributed by atoms with Crippen LogP contribution in [0.3, 0.4) is 0 Å². The Labute approximate surface area is 131 Å². The Balaban J connectivity index is 2.09. The molecule has 0 amide bonds. The normalized spacial score (nSPS) is 10.6. The summed E-state index contributed by atoms with van der Waals surface area (Å²) in [6.07, 6.45) is 2.05. The van der Waals surface area contributed by atoms with Crippen LogP contribution < -0.4 is 15.6 Å². The molecular formula is C18H24N2O2. The molecule has 0 saturated heterocycles. The van der Waals surface area contributed by atoms with Crippen molar-refractivity contribution in [3.63, 3.8) is 0 Å². The SMILES string of the molecule is CCCNCc1ccc(-c2ccc(OCCC)cc2)[nH]c1=O. The number of aromatic nitrogens is 1. The van der Waals surface area contributed by atoms with Gasteiger partial charge in [0.2, 0.25) is 0 Å². The van der Waals surface area contributed by atoms with Gasteiger partial charge in [-0.15, -0.1) is 0 Å². The van der Waals surface area contributed by atoms with E-state index in [9.17, 15) is 4.79 Å². The van der Waals surface area contributed by atoms with Gasteiger partial charge in [0.05, 0.1) is 6.61 Å². The molecule has 0 radical (unpaired) electrons. The predicted octanol–water partition coefficient (Wildman–Crippen LogP) is 3.33. The van der Waals surface area contributed by atoms with E-state index < -0.39 is 0 Å². The van der Waals surface area contributed by atoms with Crippen molar-refractivity contribution in [2.24, 2.45) is 0 Å². The van der Waals surface area contributed by atoms with Crippen LogP contribution in [0.5, 0.6) is 5.75 Å². The van der Waals surface area contributed by atoms with Crippen molar-refractivity contribution >= 4 is 0 Å². The highest BCUT2D eigenvalue weighted by Crippen LogP contribution is 2.20. The van der Waals surface area contributed by atoms with Crippen molar-refractivity contribution in [1.29, 1.82) is 0 Å². The van der Waals surface area contributed by atoms with Gasteiger partial charge in [-0.1, -0.05) is 19.9 Å². The molecule has 1 heterocycles. The summed E-state index contributed by atoms with van der Waals surface area (Å²) in [6.45, 7) is 6.42. The average molecular weight is 300 g/mol. The summed E-state index contributed by atoms with van der Waals surface area (Å²) in [7, 11) is 0. The third kappa shape index (κ3) is 4.46. The second-order valence-electron chi connectivity index (χ2n) is 5.28. The number of pyridine rings is 1. The minimum absolute atomic E-state index is 0.0348. The predicted molar refractivity (Wildman–Crippen MR) is 90.3 cm³/mol. The number of hydrogen-bond donors (Lipinski definition) is 2. The zero-order chi connectivity index (χ0) is 15.8. The minimum atomic E-state index is -0.0348. The summed E-state index contributed by atoms with van der Waals surface area (Å²) in [4.78, 5) is 15.0. The topological polar surface area (TPSA) is 54.1 Å². The van der Waals surface area contributed by atoms with Crippen molar-refractivity contribution in [2.75, 3.05) is 13.2 Å². The smallest absolute Gasteiger partial charge is 0.252 e. The summed E-state index contributed by atoms with van der Waals surface area (Å²) in [6, 6.07) is 11.6. The van der Waals surface area contributed by atoms with Crippen molar-refractivity contribution in [3.05, 3.63) is 52.3 Å². The van der Waals surface area contributed by atoms with Gasteiger partial charge in [-0.2, -0.15) is 0 Å². The maximum Gasteiger partial charge on any atom is 0.252 e. The zero-order valence-electron chi connectivity index (χ0n) is 13.3. The van der Waals surface area contributed by atoms with Crippen LogP contribution in [0.2, 0.25) is 0 Å². The van der Waals surface area contributed by atoms with Crippen molar-refractivity contribution in [2.45, 2.75) is 33.2 Å². The monoisotopic (exact) mass is 300 g/mol. The van der Waals surface area contributed by atoms with E-state index in [1.54, 1.807) is 0 Å². The zero-order valence-corrected chi connectivity index (χ0v) is 13.3. The number of hydrogen-bond acceptors (Lipinski definition) is 3. The molecule has 0 spiro atoms. The first-order valence-electron chi connectivity index (χ1n) is 7.90. The number of nitrogens with one attached hydrogen (secondary N) is 2. The first-order chi connectivity index (χ1) is 10.7. The first kappa shape index (κ1) is 16.3. The van der Waals surface area contributed by atoms with Crippen molar-refractivity contribution in [3.8, 4) is 17.0 Å². The van der Waals surface area contributed by atoms with Gasteiger partial charge in [0.15, 0.2) is 0 Å². The average Bonchev–Trinajstić information content (AvgIpc) is 2.55. The van der Waals surface area contributed by atoms with E-state index in [-0.39, 0.29) is 5.56 Å². The summed E-state index contributed by atoms with van der Waals surface area (Å²) in [5, 5.41) is 3.24. The number of benzene rings is 1. The summed E-state index contributed by atoms with van der Waals surface area (Å²) in [5.74, 6) is 0.855. The van der Waals surface area contributed by atoms with E-state index in [1.807, 2.05) is 36.4 Å². The van der Waals surface area contributed by atoms with Gasteiger partial charge in [-0.25, -0.2) is 0 Å². The van der Waals surface area contributed by atoms with E-state index in [2.05, 4.69) is 24.1 Å². The second kappa shape index (κ2) is 8.39. The lowest BCUT2D eigenvalue weighted by Gasteiger charge is -2.07. The fourth-order valence-electron chi connectivity index (χ4n) is 2.16. The first-order valence-corrected chi connectivity index (χ1v) is 7.90. The Morgan fingerprint density at radius 3 is 2.45 bits per heavy atom. The van der Waals surface area contributed by atoms with Crippen molar-refractivity contribution in [1.82, 2.24) is 10.3 Å². The van der Waals surface area contributed by atoms with Crippen LogP contribution in [0.1, 0.15) is 32.3 Å². The maximum absolute atomic E-state index is 12.1. The molecule has 0 atom stereocenters. The Morgan fingerprint density at radius 1 is 1.05 bits per heavy atom. The van der Waals surface area contributed by atoms with Crippen LogP contribution in [0, 0.1) is 0 Å². The molecule has 2 N–H and O–H groups in total. The third-order valence-electron chi connectivity index (χ3n) is 3.37. The standard InChI is InChI=1S/C18H24N2O2/c1-3-11-19-13-15-7-10-17(20-18(15)21)14-5-8-16(9-6-14)22-12-4-2/h5-10,19H,3-4,11-13H2,1-2H3,(H,20,21). The van der Waals surface area contributed by atoms with E-state index >= 15 is 0 Å². The number of H-pyrrole nitrogens is 1. The third-order valence-corrected chi connectivity index (χ3v) is 3.37. The van der Waals surface area contributed by atoms with Crippen LogP contribution in [-0.4, -0.2) is 18.1 Å². The molecule has 0 unspecified atom stereocenters. The second-order valence-corrected chi connectivity index (χ2v) is 5.28. The molecule has 0 aliphatic heterocycles. The van der Waals surface area contributed by atoms with E-state index in [0.29, 0.717) is 6.54 Å². The van der Waals surface area contributed by atoms with Crippen LogP contribution in [0.25, 0.3) is 11.3 Å². The summed E-state index contributed by atoms with van der Waals surface area (Å²) >= 11 is 0. The Morgan fingerprint density at radius 2 is 1.82 bits per heavy atom. The minimum Gasteiger partial charge on any atom is -0.494 e. The molecule has 0 bridgehead atoms. The van der Waals surface area contributed by atoms with Gasteiger partial charge in [-0.05, 0) is 55.3 Å². The van der Waals surface area contributed by atoms with Crippen LogP contribution in [0.4, 0.5) is 0 Å². The molecule has 4 heteroatoms. The summed E-state index contributed by atoms with van der Waals surface area (Å²) < 4.78 is 5.56. The molecule has 0 aliphatic carbocycles. The molecule has 0 fully saturated rings. The van der Waals surface area contributed by atoms with Gasteiger partial charge >= 0.3 is 0 Å². The van der Waals surface area contributed by atoms with Gasteiger partial charge in [0.1, 0.15) is 5.75 Å². The lowest BCUT2D eigenvalue weighted by molar-refractivity contribution is 0.317. The molecule has 22 heavy (non-hydrogen) atoms. The fourth-order valence-corrected chi connectivity index (χ4v) is 2.16. The van der Waals surface area contributed by atoms with E-state index in [1.165, 1.54) is 0 Å². The van der Waals surface area contributed by atoms with E-state index in [0.717, 1.165) is 48.6 Å². The number of rotatable bonds is 8. The highest BCUT2D eigenvalue weighted by Gasteiger charge is 2.03. The summed E-state index contributed by atoms with van der Waals surface area (Å²) in [5.41, 5.74) is 2.54. The van der Waals surface area contributed by atoms with Crippen LogP contribution >= 0.6 is 0 Å². The van der Waals surface area contributed by atoms with Gasteiger partial charge in [0, 0.05) is 17.8 Å². The lowest BCUT2D eigenvalue weighted by atomic mass is 10.1. The van der Waals surface area contributed by atoms with Crippen LogP contribution in [-0.2, 0) is 6.54 Å². The largest absolute Gasteiger partial charge is 0.494 e. The van der Waals surface area contributed by atoms with Gasteiger partial charge in [-0.3, -0.25) is 4.79 Å². The molecule has 1 aromatic heterocycles. The molecule has 0 aliphatic rings. The van der Waals surface area contributed by atoms with Gasteiger partial charge in [0.25, 0.3) is 5.56 Å². The van der Waals surface area contributed by atoms with E-state index in [4.69, 9.17) is 4.74 Å². The fraction of sp³-hybridized carbons (Fsp3) is 0.389. The van der Waals surface area contributed by atoms with Crippen molar-refractivity contribution < 1.29 is 4.74 Å². The number of aromatic amines is 1. The molecule has 2 rings (SSSR count). The lowest BCUT2D eigenvalue weighted by Crippen LogP contribution is -2.21. The Bertz CT molecular complexity index is 632. The number of ether oxygens (including phenoxy) is 1. The highest BCUT2D eigenvalue weighted by molar-refractivity contribution is 5.60. The molecule has 2 aromatic rings. The molecule has 4 nitrogen and oxygen atoms in total. The Kier molecular flexibility index (Phi) is 6.22.